The molecular weight excluding hydrogens is 158 g/mol. The summed E-state index contributed by atoms with van der Waals surface area (Å²) < 4.78 is 0. The van der Waals surface area contributed by atoms with Gasteiger partial charge in [0.2, 0.25) is 0 Å². The normalized spacial score (nSPS) is 9.08. The van der Waals surface area contributed by atoms with E-state index in [1.807, 2.05) is 0 Å². The Morgan fingerprint density at radius 2 is 2.17 bits per heavy atom. The standard InChI is InChI=1S/C7H7N3O2/c8-10-7(12)6(11)5-3-1-2-4-9-5/h1-4H,8H2,(H,10,12). The van der Waals surface area contributed by atoms with Crippen molar-refractivity contribution >= 4 is 11.7 Å². The van der Waals surface area contributed by atoms with Gasteiger partial charge in [-0.1, -0.05) is 6.07 Å². The summed E-state index contributed by atoms with van der Waals surface area (Å²) in [5, 5.41) is 0. The molecule has 0 saturated carbocycles. The molecular formula is C7H7N3O2. The molecule has 0 bridgehead atoms. The molecule has 0 aromatic carbocycles. The summed E-state index contributed by atoms with van der Waals surface area (Å²) in [5.41, 5.74) is 1.82. The molecule has 1 aromatic rings. The number of carbonyl (C=O) groups is 2. The number of amides is 1. The SMILES string of the molecule is NNC(=O)C(=O)c1ccccn1. The zero-order chi connectivity index (χ0) is 8.97. The van der Waals surface area contributed by atoms with Crippen LogP contribution < -0.4 is 11.3 Å². The van der Waals surface area contributed by atoms with Crippen molar-refractivity contribution in [2.24, 2.45) is 5.84 Å². The number of aromatic nitrogens is 1. The molecule has 3 N–H and O–H groups in total. The first-order valence-corrected chi connectivity index (χ1v) is 3.22. The molecule has 0 spiro atoms. The van der Waals surface area contributed by atoms with E-state index in [0.717, 1.165) is 0 Å². The Bertz CT molecular complexity index is 297. The second-order valence-corrected chi connectivity index (χ2v) is 2.02. The highest BCUT2D eigenvalue weighted by Gasteiger charge is 2.14. The van der Waals surface area contributed by atoms with E-state index >= 15 is 0 Å². The minimum absolute atomic E-state index is 0.0838. The molecule has 12 heavy (non-hydrogen) atoms. The number of hydrogen-bond donors (Lipinski definition) is 2. The van der Waals surface area contributed by atoms with Gasteiger partial charge in [-0.25, -0.2) is 5.84 Å². The largest absolute Gasteiger partial charge is 0.307 e. The van der Waals surface area contributed by atoms with E-state index in [1.165, 1.54) is 12.3 Å². The number of carbonyl (C=O) groups excluding carboxylic acids is 2. The fourth-order valence-corrected chi connectivity index (χ4v) is 0.679. The van der Waals surface area contributed by atoms with E-state index in [4.69, 9.17) is 5.84 Å². The summed E-state index contributed by atoms with van der Waals surface area (Å²) >= 11 is 0. The molecule has 0 aliphatic heterocycles. The van der Waals surface area contributed by atoms with Gasteiger partial charge in [0.15, 0.2) is 0 Å². The quantitative estimate of drug-likeness (QED) is 0.198. The molecule has 5 nitrogen and oxygen atoms in total. The molecule has 1 heterocycles. The van der Waals surface area contributed by atoms with Crippen molar-refractivity contribution < 1.29 is 9.59 Å². The number of hydrogen-bond acceptors (Lipinski definition) is 4. The van der Waals surface area contributed by atoms with Crippen LogP contribution in [-0.4, -0.2) is 16.7 Å². The highest BCUT2D eigenvalue weighted by atomic mass is 16.2. The fourth-order valence-electron chi connectivity index (χ4n) is 0.679. The average molecular weight is 165 g/mol. The maximum atomic E-state index is 11.0. The first-order chi connectivity index (χ1) is 5.75. The lowest BCUT2D eigenvalue weighted by Crippen LogP contribution is -2.36. The Labute approximate surface area is 68.6 Å². The minimum Gasteiger partial charge on any atom is -0.287 e. The Hall–Kier alpha value is -1.75. The number of Topliss-reactive ketones (excluding diaryl/α,β-unsaturated/α-hetero) is 1. The highest BCUT2D eigenvalue weighted by Crippen LogP contribution is 1.93. The van der Waals surface area contributed by atoms with Gasteiger partial charge in [0, 0.05) is 6.20 Å². The first-order valence-electron chi connectivity index (χ1n) is 3.22. The zero-order valence-corrected chi connectivity index (χ0v) is 6.15. The van der Waals surface area contributed by atoms with Crippen molar-refractivity contribution in [1.82, 2.24) is 10.4 Å². The van der Waals surface area contributed by atoms with Gasteiger partial charge in [-0.2, -0.15) is 0 Å². The van der Waals surface area contributed by atoms with Crippen LogP contribution in [0.25, 0.3) is 0 Å². The van der Waals surface area contributed by atoms with Crippen LogP contribution in [0.4, 0.5) is 0 Å². The van der Waals surface area contributed by atoms with Crippen molar-refractivity contribution in [2.45, 2.75) is 0 Å². The summed E-state index contributed by atoms with van der Waals surface area (Å²) in [7, 11) is 0. The van der Waals surface area contributed by atoms with Crippen molar-refractivity contribution in [1.29, 1.82) is 0 Å². The Morgan fingerprint density at radius 1 is 1.42 bits per heavy atom. The Balaban J connectivity index is 2.86. The molecule has 1 rings (SSSR count). The number of rotatable bonds is 2. The van der Waals surface area contributed by atoms with E-state index in [1.54, 1.807) is 17.6 Å². The van der Waals surface area contributed by atoms with Crippen molar-refractivity contribution in [3.63, 3.8) is 0 Å². The van der Waals surface area contributed by atoms with Gasteiger partial charge < -0.3 is 0 Å². The number of ketones is 1. The molecule has 0 aliphatic carbocycles. The van der Waals surface area contributed by atoms with Gasteiger partial charge in [0.25, 0.3) is 5.78 Å². The van der Waals surface area contributed by atoms with E-state index in [0.29, 0.717) is 0 Å². The lowest BCUT2D eigenvalue weighted by molar-refractivity contribution is -0.117. The number of nitrogens with two attached hydrogens (primary N) is 1. The van der Waals surface area contributed by atoms with E-state index in [-0.39, 0.29) is 5.69 Å². The van der Waals surface area contributed by atoms with E-state index in [9.17, 15) is 9.59 Å². The molecule has 0 radical (unpaired) electrons. The Kier molecular flexibility index (Phi) is 2.49. The van der Waals surface area contributed by atoms with Gasteiger partial charge in [-0.15, -0.1) is 0 Å². The predicted molar refractivity (Wildman–Crippen MR) is 40.9 cm³/mol. The predicted octanol–water partition coefficient (Wildman–Crippen LogP) is -0.746. The molecule has 62 valence electrons. The van der Waals surface area contributed by atoms with Gasteiger partial charge in [-0.3, -0.25) is 20.0 Å². The fraction of sp³-hybridized carbons (Fsp3) is 0. The lowest BCUT2D eigenvalue weighted by Gasteiger charge is -1.96. The second kappa shape index (κ2) is 3.59. The van der Waals surface area contributed by atoms with Gasteiger partial charge in [0.1, 0.15) is 5.69 Å². The van der Waals surface area contributed by atoms with Crippen LogP contribution in [0.1, 0.15) is 10.5 Å². The third kappa shape index (κ3) is 1.64. The second-order valence-electron chi connectivity index (χ2n) is 2.02. The maximum Gasteiger partial charge on any atom is 0.307 e. The monoisotopic (exact) mass is 165 g/mol. The summed E-state index contributed by atoms with van der Waals surface area (Å²) in [6.45, 7) is 0. The highest BCUT2D eigenvalue weighted by molar-refractivity contribution is 6.42. The summed E-state index contributed by atoms with van der Waals surface area (Å²) in [6, 6.07) is 4.71. The zero-order valence-electron chi connectivity index (χ0n) is 6.15. The molecule has 5 heteroatoms. The third-order valence-corrected chi connectivity index (χ3v) is 1.23. The van der Waals surface area contributed by atoms with Crippen LogP contribution in [0, 0.1) is 0 Å². The summed E-state index contributed by atoms with van der Waals surface area (Å²) in [5.74, 6) is 3.16. The van der Waals surface area contributed by atoms with Crippen LogP contribution in [-0.2, 0) is 4.79 Å². The van der Waals surface area contributed by atoms with E-state index in [2.05, 4.69) is 4.98 Å². The van der Waals surface area contributed by atoms with Crippen molar-refractivity contribution in [3.05, 3.63) is 30.1 Å². The molecule has 1 aromatic heterocycles. The molecule has 0 aliphatic rings. The molecule has 0 fully saturated rings. The smallest absolute Gasteiger partial charge is 0.287 e. The van der Waals surface area contributed by atoms with Gasteiger partial charge in [-0.05, 0) is 12.1 Å². The molecule has 0 atom stereocenters. The average Bonchev–Trinajstić information content (AvgIpc) is 2.17. The van der Waals surface area contributed by atoms with Crippen LogP contribution >= 0.6 is 0 Å². The van der Waals surface area contributed by atoms with Crippen LogP contribution in [0.3, 0.4) is 0 Å². The maximum absolute atomic E-state index is 11.0. The van der Waals surface area contributed by atoms with E-state index < -0.39 is 11.7 Å². The number of nitrogens with one attached hydrogen (secondary N) is 1. The Morgan fingerprint density at radius 3 is 2.67 bits per heavy atom. The van der Waals surface area contributed by atoms with Crippen LogP contribution in [0.5, 0.6) is 0 Å². The van der Waals surface area contributed by atoms with Crippen LogP contribution in [0.2, 0.25) is 0 Å². The minimum atomic E-state index is -0.867. The molecule has 1 amide bonds. The van der Waals surface area contributed by atoms with Crippen molar-refractivity contribution in [3.8, 4) is 0 Å². The van der Waals surface area contributed by atoms with Crippen molar-refractivity contribution in [2.75, 3.05) is 0 Å². The lowest BCUT2D eigenvalue weighted by atomic mass is 10.2. The summed E-state index contributed by atoms with van der Waals surface area (Å²) in [6.07, 6.45) is 1.43. The number of hydrazine groups is 1. The number of pyridine rings is 1. The molecule has 0 saturated heterocycles. The first kappa shape index (κ1) is 8.35. The topological polar surface area (TPSA) is 85.1 Å². The summed E-state index contributed by atoms with van der Waals surface area (Å²) in [4.78, 5) is 25.4. The number of nitrogens with zero attached hydrogens (tertiary/aromatic N) is 1. The van der Waals surface area contributed by atoms with Gasteiger partial charge >= 0.3 is 5.91 Å². The van der Waals surface area contributed by atoms with Crippen LogP contribution in [0.15, 0.2) is 24.4 Å². The van der Waals surface area contributed by atoms with Gasteiger partial charge in [0.05, 0.1) is 0 Å². The third-order valence-electron chi connectivity index (χ3n) is 1.23. The molecule has 0 unspecified atom stereocenters.